The van der Waals surface area contributed by atoms with Crippen molar-refractivity contribution in [3.05, 3.63) is 41.4 Å². The molecule has 0 spiro atoms. The van der Waals surface area contributed by atoms with Gasteiger partial charge in [-0.15, -0.1) is 11.3 Å². The molecule has 2 atom stereocenters. The molecule has 2 aromatic rings. The van der Waals surface area contributed by atoms with Gasteiger partial charge in [0.15, 0.2) is 11.7 Å². The average molecular weight is 417 g/mol. The second kappa shape index (κ2) is 10.4. The first kappa shape index (κ1) is 21.3. The highest BCUT2D eigenvalue weighted by atomic mass is 32.1. The van der Waals surface area contributed by atoms with Gasteiger partial charge in [-0.3, -0.25) is 14.5 Å². The molecule has 1 aliphatic heterocycles. The summed E-state index contributed by atoms with van der Waals surface area (Å²) in [7, 11) is 0. The fourth-order valence-electron chi connectivity index (χ4n) is 3.65. The molecule has 1 aliphatic rings. The van der Waals surface area contributed by atoms with Gasteiger partial charge in [-0.25, -0.2) is 4.98 Å². The summed E-state index contributed by atoms with van der Waals surface area (Å²) < 4.78 is 5.35. The highest BCUT2D eigenvalue weighted by Crippen LogP contribution is 2.23. The molecule has 8 heteroatoms. The molecule has 2 heterocycles. The summed E-state index contributed by atoms with van der Waals surface area (Å²) in [6, 6.07) is 9.07. The van der Waals surface area contributed by atoms with Crippen LogP contribution in [-0.4, -0.2) is 47.9 Å². The van der Waals surface area contributed by atoms with Crippen LogP contribution >= 0.6 is 11.3 Å². The Morgan fingerprint density at radius 1 is 1.17 bits per heavy atom. The van der Waals surface area contributed by atoms with Crippen LogP contribution in [0.3, 0.4) is 0 Å². The van der Waals surface area contributed by atoms with E-state index in [-0.39, 0.29) is 25.0 Å². The van der Waals surface area contributed by atoms with E-state index in [0.29, 0.717) is 22.7 Å². The summed E-state index contributed by atoms with van der Waals surface area (Å²) in [6.45, 7) is 7.29. The number of amides is 2. The van der Waals surface area contributed by atoms with E-state index >= 15 is 0 Å². The largest absolute Gasteiger partial charge is 0.484 e. The van der Waals surface area contributed by atoms with Gasteiger partial charge in [0.2, 0.25) is 5.91 Å². The minimum absolute atomic E-state index is 0.118. The maximum absolute atomic E-state index is 12.1. The number of aromatic nitrogens is 1. The number of nitrogens with zero attached hydrogens (tertiary/aromatic N) is 2. The molecule has 1 aromatic heterocycles. The minimum Gasteiger partial charge on any atom is -0.484 e. The molecule has 0 unspecified atom stereocenters. The summed E-state index contributed by atoms with van der Waals surface area (Å²) in [5, 5.41) is 7.82. The molecule has 0 saturated carbocycles. The van der Waals surface area contributed by atoms with Crippen molar-refractivity contribution in [1.29, 1.82) is 0 Å². The van der Waals surface area contributed by atoms with Gasteiger partial charge in [0.25, 0.3) is 5.91 Å². The minimum atomic E-state index is -0.350. The first-order valence-corrected chi connectivity index (χ1v) is 10.8. The SMILES string of the molecule is C[C@H]1C[C@H](C)CN(Cc2csc(NC(=O)CNC(=O)COc3ccccc3)n2)C1. The Morgan fingerprint density at radius 3 is 2.62 bits per heavy atom. The zero-order valence-corrected chi connectivity index (χ0v) is 17.7. The molecule has 29 heavy (non-hydrogen) atoms. The highest BCUT2D eigenvalue weighted by Gasteiger charge is 2.22. The highest BCUT2D eigenvalue weighted by molar-refractivity contribution is 7.13. The normalized spacial score (nSPS) is 19.5. The molecule has 1 aromatic carbocycles. The lowest BCUT2D eigenvalue weighted by Crippen LogP contribution is -2.38. The number of carbonyl (C=O) groups excluding carboxylic acids is 2. The van der Waals surface area contributed by atoms with Crippen molar-refractivity contribution in [1.82, 2.24) is 15.2 Å². The summed E-state index contributed by atoms with van der Waals surface area (Å²) >= 11 is 1.40. The lowest BCUT2D eigenvalue weighted by atomic mass is 9.92. The van der Waals surface area contributed by atoms with E-state index in [0.717, 1.165) is 25.3 Å². The maximum atomic E-state index is 12.1. The Kier molecular flexibility index (Phi) is 7.60. The van der Waals surface area contributed by atoms with Crippen LogP contribution in [0, 0.1) is 11.8 Å². The molecule has 0 bridgehead atoms. The van der Waals surface area contributed by atoms with E-state index in [1.165, 1.54) is 17.8 Å². The molecule has 0 radical (unpaired) electrons. The van der Waals surface area contributed by atoms with Crippen molar-refractivity contribution in [2.75, 3.05) is 31.6 Å². The topological polar surface area (TPSA) is 83.6 Å². The number of hydrogen-bond acceptors (Lipinski definition) is 6. The number of anilines is 1. The number of hydrogen-bond donors (Lipinski definition) is 2. The van der Waals surface area contributed by atoms with Gasteiger partial charge in [-0.05, 0) is 30.4 Å². The Labute approximate surface area is 175 Å². The quantitative estimate of drug-likeness (QED) is 0.691. The molecule has 7 nitrogen and oxygen atoms in total. The molecule has 1 fully saturated rings. The molecule has 2 N–H and O–H groups in total. The van der Waals surface area contributed by atoms with Crippen LogP contribution in [0.1, 0.15) is 26.0 Å². The Morgan fingerprint density at radius 2 is 1.90 bits per heavy atom. The van der Waals surface area contributed by atoms with Crippen molar-refractivity contribution >= 4 is 28.3 Å². The number of thiazole rings is 1. The van der Waals surface area contributed by atoms with Gasteiger partial charge >= 0.3 is 0 Å². The second-order valence-electron chi connectivity index (χ2n) is 7.71. The first-order valence-electron chi connectivity index (χ1n) is 9.89. The Bertz CT molecular complexity index is 801. The lowest BCUT2D eigenvalue weighted by molar-refractivity contribution is -0.125. The number of piperidine rings is 1. The number of likely N-dealkylation sites (tertiary alicyclic amines) is 1. The van der Waals surface area contributed by atoms with Crippen molar-refractivity contribution < 1.29 is 14.3 Å². The monoisotopic (exact) mass is 416 g/mol. The predicted molar refractivity (Wildman–Crippen MR) is 114 cm³/mol. The van der Waals surface area contributed by atoms with Crippen LogP contribution in [0.5, 0.6) is 5.75 Å². The zero-order chi connectivity index (χ0) is 20.6. The van der Waals surface area contributed by atoms with E-state index in [1.807, 2.05) is 23.6 Å². The van der Waals surface area contributed by atoms with Gasteiger partial charge < -0.3 is 15.4 Å². The van der Waals surface area contributed by atoms with Crippen LogP contribution in [0.15, 0.2) is 35.7 Å². The Hall–Kier alpha value is -2.45. The maximum Gasteiger partial charge on any atom is 0.258 e. The third-order valence-electron chi connectivity index (χ3n) is 4.69. The third kappa shape index (κ3) is 7.14. The predicted octanol–water partition coefficient (Wildman–Crippen LogP) is 2.75. The smallest absolute Gasteiger partial charge is 0.258 e. The lowest BCUT2D eigenvalue weighted by Gasteiger charge is -2.34. The van der Waals surface area contributed by atoms with Crippen LogP contribution in [0.4, 0.5) is 5.13 Å². The summed E-state index contributed by atoms with van der Waals surface area (Å²) in [5.74, 6) is 1.35. The van der Waals surface area contributed by atoms with Gasteiger partial charge in [-0.1, -0.05) is 32.0 Å². The van der Waals surface area contributed by atoms with E-state index in [1.54, 1.807) is 12.1 Å². The van der Waals surface area contributed by atoms with Gasteiger partial charge in [-0.2, -0.15) is 0 Å². The molecule has 0 aliphatic carbocycles. The average Bonchev–Trinajstić information content (AvgIpc) is 3.11. The summed E-state index contributed by atoms with van der Waals surface area (Å²) in [6.07, 6.45) is 1.27. The fraction of sp³-hybridized carbons (Fsp3) is 0.476. The van der Waals surface area contributed by atoms with Crippen molar-refractivity contribution in [2.24, 2.45) is 11.8 Å². The van der Waals surface area contributed by atoms with E-state index in [2.05, 4.69) is 34.4 Å². The Balaban J connectivity index is 1.38. The van der Waals surface area contributed by atoms with Crippen LogP contribution in [-0.2, 0) is 16.1 Å². The van der Waals surface area contributed by atoms with Gasteiger partial charge in [0.1, 0.15) is 5.75 Å². The fourth-order valence-corrected chi connectivity index (χ4v) is 4.36. The third-order valence-corrected chi connectivity index (χ3v) is 5.49. The molecule has 3 rings (SSSR count). The number of para-hydroxylation sites is 1. The summed E-state index contributed by atoms with van der Waals surface area (Å²) in [4.78, 5) is 30.8. The number of carbonyl (C=O) groups is 2. The number of nitrogens with one attached hydrogen (secondary N) is 2. The van der Waals surface area contributed by atoms with Gasteiger partial charge in [0.05, 0.1) is 12.2 Å². The second-order valence-corrected chi connectivity index (χ2v) is 8.57. The van der Waals surface area contributed by atoms with Crippen LogP contribution < -0.4 is 15.4 Å². The molecular formula is C21H28N4O3S. The van der Waals surface area contributed by atoms with E-state index in [4.69, 9.17) is 4.74 Å². The summed E-state index contributed by atoms with van der Waals surface area (Å²) in [5.41, 5.74) is 0.965. The van der Waals surface area contributed by atoms with Gasteiger partial charge in [0, 0.05) is 25.0 Å². The first-order chi connectivity index (χ1) is 14.0. The number of ether oxygens (including phenoxy) is 1. The van der Waals surface area contributed by atoms with E-state index < -0.39 is 0 Å². The standard InChI is InChI=1S/C21H28N4O3S/c1-15-8-16(2)11-25(10-15)12-17-14-29-21(23-17)24-19(26)9-22-20(27)13-28-18-6-4-3-5-7-18/h3-7,14-16H,8-13H2,1-2H3,(H,22,27)(H,23,24,26)/t15-,16-/m0/s1. The molecule has 2 amide bonds. The number of benzene rings is 1. The molecule has 156 valence electrons. The van der Waals surface area contributed by atoms with Crippen LogP contribution in [0.2, 0.25) is 0 Å². The zero-order valence-electron chi connectivity index (χ0n) is 16.9. The van der Waals surface area contributed by atoms with Crippen molar-refractivity contribution in [3.8, 4) is 5.75 Å². The van der Waals surface area contributed by atoms with E-state index in [9.17, 15) is 9.59 Å². The van der Waals surface area contributed by atoms with Crippen molar-refractivity contribution in [2.45, 2.75) is 26.8 Å². The molecule has 1 saturated heterocycles. The van der Waals surface area contributed by atoms with Crippen LogP contribution in [0.25, 0.3) is 0 Å². The molecular weight excluding hydrogens is 388 g/mol. The number of rotatable bonds is 8. The van der Waals surface area contributed by atoms with Crippen molar-refractivity contribution in [3.63, 3.8) is 0 Å².